The van der Waals surface area contributed by atoms with Crippen LogP contribution in [-0.2, 0) is 13.0 Å². The molecule has 0 radical (unpaired) electrons. The molecule has 0 bridgehead atoms. The molecule has 0 saturated heterocycles. The lowest BCUT2D eigenvalue weighted by molar-refractivity contribution is 0.0949. The zero-order valence-corrected chi connectivity index (χ0v) is 13.9. The van der Waals surface area contributed by atoms with E-state index in [0.717, 1.165) is 43.7 Å². The van der Waals surface area contributed by atoms with E-state index < -0.39 is 11.7 Å². The predicted molar refractivity (Wildman–Crippen MR) is 89.0 cm³/mol. The summed E-state index contributed by atoms with van der Waals surface area (Å²) in [4.78, 5) is 17.2. The van der Waals surface area contributed by atoms with E-state index in [2.05, 4.69) is 21.3 Å². The molecule has 4 rings (SSSR count). The van der Waals surface area contributed by atoms with E-state index in [1.54, 1.807) is 12.1 Å². The molecule has 0 amide bonds. The van der Waals surface area contributed by atoms with Crippen molar-refractivity contribution in [3.63, 3.8) is 0 Å². The summed E-state index contributed by atoms with van der Waals surface area (Å²) in [6.45, 7) is 2.61. The maximum Gasteiger partial charge on any atom is 0.222 e. The summed E-state index contributed by atoms with van der Waals surface area (Å²) in [6, 6.07) is 7.26. The van der Waals surface area contributed by atoms with Crippen LogP contribution in [0.2, 0.25) is 0 Å². The van der Waals surface area contributed by atoms with Gasteiger partial charge in [-0.25, -0.2) is 4.98 Å². The lowest BCUT2D eigenvalue weighted by Gasteiger charge is -2.09. The molecule has 3 aromatic heterocycles. The fourth-order valence-corrected chi connectivity index (χ4v) is 3.24. The molecule has 0 saturated carbocycles. The van der Waals surface area contributed by atoms with E-state index in [1.807, 2.05) is 17.6 Å². The van der Waals surface area contributed by atoms with Gasteiger partial charge >= 0.3 is 0 Å². The molecule has 0 aromatic carbocycles. The topological polar surface area (TPSA) is 97.6 Å². The second-order valence-corrected chi connectivity index (χ2v) is 6.31. The van der Waals surface area contributed by atoms with Crippen molar-refractivity contribution in [2.24, 2.45) is 0 Å². The molecule has 126 valence electrons. The highest BCUT2D eigenvalue weighted by molar-refractivity contribution is 6.02. The Kier molecular flexibility index (Phi) is 3.80. The first-order valence-corrected chi connectivity index (χ1v) is 8.40. The second kappa shape index (κ2) is 6.13. The molecule has 0 spiro atoms. The van der Waals surface area contributed by atoms with Gasteiger partial charge in [0, 0.05) is 24.7 Å². The summed E-state index contributed by atoms with van der Waals surface area (Å²) in [5.74, 6) is -0.0410. The van der Waals surface area contributed by atoms with Crippen LogP contribution in [0.15, 0.2) is 22.6 Å². The Morgan fingerprint density at radius 3 is 3.04 bits per heavy atom. The predicted octanol–water partition coefficient (Wildman–Crippen LogP) is 2.94. The van der Waals surface area contributed by atoms with Crippen molar-refractivity contribution in [3.8, 4) is 6.07 Å². The molecule has 4 heterocycles. The van der Waals surface area contributed by atoms with Crippen LogP contribution in [0.1, 0.15) is 53.1 Å². The fraction of sp³-hybridized carbons (Fsp3) is 0.389. The van der Waals surface area contributed by atoms with Gasteiger partial charge in [0.15, 0.2) is 23.1 Å². The van der Waals surface area contributed by atoms with Crippen LogP contribution in [-0.4, -0.2) is 25.5 Å². The van der Waals surface area contributed by atoms with Crippen molar-refractivity contribution in [2.75, 3.05) is 0 Å². The molecule has 3 aromatic rings. The summed E-state index contributed by atoms with van der Waals surface area (Å²) in [7, 11) is 0. The Labute approximate surface area is 144 Å². The van der Waals surface area contributed by atoms with Crippen molar-refractivity contribution in [2.45, 2.75) is 45.1 Å². The van der Waals surface area contributed by atoms with Gasteiger partial charge in [-0.05, 0) is 31.9 Å². The van der Waals surface area contributed by atoms with Gasteiger partial charge in [-0.3, -0.25) is 4.79 Å². The van der Waals surface area contributed by atoms with E-state index in [9.17, 15) is 10.1 Å². The largest absolute Gasteiger partial charge is 0.451 e. The number of rotatable bonds is 3. The maximum absolute atomic E-state index is 12.9. The quantitative estimate of drug-likeness (QED) is 0.683. The third-order valence-electron chi connectivity index (χ3n) is 4.54. The van der Waals surface area contributed by atoms with Gasteiger partial charge in [0.25, 0.3) is 0 Å². The van der Waals surface area contributed by atoms with Crippen molar-refractivity contribution in [1.82, 2.24) is 19.7 Å². The van der Waals surface area contributed by atoms with Crippen LogP contribution in [0.25, 0.3) is 11.1 Å². The SMILES string of the molecule is Cc1ccc2oc(C(=O)C(C#N)c3nnc4n3CCCCC4)cc2n1. The minimum Gasteiger partial charge on any atom is -0.451 e. The number of ketones is 1. The number of nitrogens with zero attached hydrogens (tertiary/aromatic N) is 5. The lowest BCUT2D eigenvalue weighted by atomic mass is 10.0. The van der Waals surface area contributed by atoms with E-state index in [4.69, 9.17) is 4.42 Å². The highest BCUT2D eigenvalue weighted by Gasteiger charge is 2.31. The summed E-state index contributed by atoms with van der Waals surface area (Å²) < 4.78 is 7.53. The van der Waals surface area contributed by atoms with E-state index in [-0.39, 0.29) is 5.76 Å². The highest BCUT2D eigenvalue weighted by Crippen LogP contribution is 2.26. The number of carbonyl (C=O) groups excluding carboxylic acids is 1. The third-order valence-corrected chi connectivity index (χ3v) is 4.54. The zero-order chi connectivity index (χ0) is 17.4. The smallest absolute Gasteiger partial charge is 0.222 e. The van der Waals surface area contributed by atoms with E-state index in [0.29, 0.717) is 16.9 Å². The van der Waals surface area contributed by atoms with Crippen LogP contribution in [0, 0.1) is 18.3 Å². The van der Waals surface area contributed by atoms with Gasteiger partial charge in [0.05, 0.1) is 6.07 Å². The molecule has 7 nitrogen and oxygen atoms in total. The van der Waals surface area contributed by atoms with Gasteiger partial charge in [-0.2, -0.15) is 5.26 Å². The average Bonchev–Trinajstić information content (AvgIpc) is 3.12. The fourth-order valence-electron chi connectivity index (χ4n) is 3.24. The molecule has 1 unspecified atom stereocenters. The van der Waals surface area contributed by atoms with Crippen molar-refractivity contribution < 1.29 is 9.21 Å². The van der Waals surface area contributed by atoms with E-state index >= 15 is 0 Å². The molecule has 0 aliphatic carbocycles. The second-order valence-electron chi connectivity index (χ2n) is 6.31. The first-order valence-electron chi connectivity index (χ1n) is 8.40. The summed E-state index contributed by atoms with van der Waals surface area (Å²) >= 11 is 0. The number of pyridine rings is 1. The van der Waals surface area contributed by atoms with Crippen molar-refractivity contribution in [3.05, 3.63) is 41.3 Å². The maximum atomic E-state index is 12.9. The van der Waals surface area contributed by atoms with Gasteiger partial charge in [-0.1, -0.05) is 6.42 Å². The van der Waals surface area contributed by atoms with Gasteiger partial charge in [0.1, 0.15) is 11.3 Å². The number of Topliss-reactive ketones (excluding diaryl/α,β-unsaturated/α-hetero) is 1. The number of furan rings is 1. The molecular formula is C18H17N5O2. The Morgan fingerprint density at radius 2 is 2.20 bits per heavy atom. The molecule has 7 heteroatoms. The van der Waals surface area contributed by atoms with Crippen LogP contribution < -0.4 is 0 Å². The molecule has 25 heavy (non-hydrogen) atoms. The minimum atomic E-state index is -1.03. The van der Waals surface area contributed by atoms with Crippen LogP contribution >= 0.6 is 0 Å². The average molecular weight is 335 g/mol. The molecule has 1 aliphatic rings. The number of hydrogen-bond acceptors (Lipinski definition) is 6. The van der Waals surface area contributed by atoms with Crippen molar-refractivity contribution >= 4 is 16.9 Å². The number of fused-ring (bicyclic) bond motifs is 2. The number of nitriles is 1. The van der Waals surface area contributed by atoms with Gasteiger partial charge < -0.3 is 8.98 Å². The monoisotopic (exact) mass is 335 g/mol. The summed E-state index contributed by atoms with van der Waals surface area (Å²) in [5, 5.41) is 17.9. The number of hydrogen-bond donors (Lipinski definition) is 0. The van der Waals surface area contributed by atoms with Crippen LogP contribution in [0.3, 0.4) is 0 Å². The van der Waals surface area contributed by atoms with Gasteiger partial charge in [0.2, 0.25) is 5.78 Å². The lowest BCUT2D eigenvalue weighted by Crippen LogP contribution is -2.17. The van der Waals surface area contributed by atoms with E-state index in [1.165, 1.54) is 0 Å². The normalized spacial score (nSPS) is 15.4. The standard InChI is InChI=1S/C18H17N5O2/c1-11-6-7-14-13(20-11)9-15(25-14)17(24)12(10-19)18-22-21-16-5-3-2-4-8-23(16)18/h6-7,9,12H,2-5,8H2,1H3. The number of aromatic nitrogens is 4. The Bertz CT molecular complexity index is 995. The first-order chi connectivity index (χ1) is 12.2. The first kappa shape index (κ1) is 15.5. The Balaban J connectivity index is 1.72. The Morgan fingerprint density at radius 1 is 1.32 bits per heavy atom. The molecule has 0 N–H and O–H groups in total. The Hall–Kier alpha value is -3.01. The zero-order valence-electron chi connectivity index (χ0n) is 13.9. The molecule has 0 fully saturated rings. The number of aryl methyl sites for hydroxylation is 2. The van der Waals surface area contributed by atoms with Crippen molar-refractivity contribution in [1.29, 1.82) is 5.26 Å². The van der Waals surface area contributed by atoms with Gasteiger partial charge in [-0.15, -0.1) is 10.2 Å². The molecular weight excluding hydrogens is 318 g/mol. The summed E-state index contributed by atoms with van der Waals surface area (Å²) in [6.07, 6.45) is 3.99. The summed E-state index contributed by atoms with van der Waals surface area (Å²) in [5.41, 5.74) is 1.98. The molecule has 1 aliphatic heterocycles. The highest BCUT2D eigenvalue weighted by atomic mass is 16.3. The van der Waals surface area contributed by atoms with Crippen LogP contribution in [0.5, 0.6) is 0 Å². The number of carbonyl (C=O) groups is 1. The molecule has 1 atom stereocenters. The van der Waals surface area contributed by atoms with Crippen LogP contribution in [0.4, 0.5) is 0 Å². The minimum absolute atomic E-state index is 0.130. The third kappa shape index (κ3) is 2.70.